The fraction of sp³-hybridized carbons (Fsp3) is 0.318. The Morgan fingerprint density at radius 2 is 1.83 bits per heavy atom. The van der Waals surface area contributed by atoms with Crippen LogP contribution >= 0.6 is 0 Å². The molecule has 0 unspecified atom stereocenters. The highest BCUT2D eigenvalue weighted by atomic mass is 15.0. The second-order valence-electron chi connectivity index (χ2n) is 7.66. The summed E-state index contributed by atoms with van der Waals surface area (Å²) >= 11 is 0. The first-order chi connectivity index (χ1) is 11.7. The summed E-state index contributed by atoms with van der Waals surface area (Å²) in [7, 11) is 0. The molecule has 2 aliphatic rings. The molecule has 0 fully saturated rings. The van der Waals surface area contributed by atoms with E-state index in [4.69, 9.17) is 4.99 Å². The molecule has 120 valence electrons. The van der Waals surface area contributed by atoms with Crippen molar-refractivity contribution in [1.29, 1.82) is 0 Å². The summed E-state index contributed by atoms with van der Waals surface area (Å²) in [6.07, 6.45) is 2.24. The highest BCUT2D eigenvalue weighted by Gasteiger charge is 2.33. The van der Waals surface area contributed by atoms with Gasteiger partial charge in [0.25, 0.3) is 0 Å². The van der Waals surface area contributed by atoms with Crippen molar-refractivity contribution in [1.82, 2.24) is 4.57 Å². The quantitative estimate of drug-likeness (QED) is 0.618. The van der Waals surface area contributed by atoms with E-state index in [2.05, 4.69) is 66.9 Å². The minimum Gasteiger partial charge on any atom is -0.339 e. The lowest BCUT2D eigenvalue weighted by Crippen LogP contribution is -2.27. The number of benzene rings is 2. The summed E-state index contributed by atoms with van der Waals surface area (Å²) < 4.78 is 2.55. The first kappa shape index (κ1) is 14.0. The van der Waals surface area contributed by atoms with Crippen LogP contribution in [0.25, 0.3) is 10.9 Å². The van der Waals surface area contributed by atoms with Crippen LogP contribution in [-0.4, -0.2) is 16.8 Å². The molecule has 0 N–H and O–H groups in total. The van der Waals surface area contributed by atoms with Crippen LogP contribution in [0.1, 0.15) is 42.7 Å². The summed E-state index contributed by atoms with van der Waals surface area (Å²) in [5, 5.41) is 1.44. The summed E-state index contributed by atoms with van der Waals surface area (Å²) in [6.45, 7) is 6.73. The minimum absolute atomic E-state index is 0.251. The number of hydrogen-bond donors (Lipinski definition) is 0. The van der Waals surface area contributed by atoms with E-state index >= 15 is 0 Å². The number of para-hydroxylation sites is 1. The molecule has 2 aliphatic heterocycles. The highest BCUT2D eigenvalue weighted by Crippen LogP contribution is 2.42. The Labute approximate surface area is 142 Å². The molecule has 2 heteroatoms. The standard InChI is InChI=1S/C22H22N2/c1-22(2)12-14-24-20-16(9-6-10-18(20)22)17-11-13-23-19(21(17)24)15-7-4-3-5-8-15/h3-10H,11-14H2,1-2H3. The van der Waals surface area contributed by atoms with E-state index in [9.17, 15) is 0 Å². The molecule has 0 aliphatic carbocycles. The molecule has 0 saturated heterocycles. The lowest BCUT2D eigenvalue weighted by Gasteiger charge is -2.32. The van der Waals surface area contributed by atoms with Gasteiger partial charge in [-0.05, 0) is 29.4 Å². The summed E-state index contributed by atoms with van der Waals surface area (Å²) in [6, 6.07) is 17.5. The molecule has 0 saturated carbocycles. The van der Waals surface area contributed by atoms with Gasteiger partial charge >= 0.3 is 0 Å². The van der Waals surface area contributed by atoms with Gasteiger partial charge in [0.1, 0.15) is 0 Å². The largest absolute Gasteiger partial charge is 0.339 e. The van der Waals surface area contributed by atoms with E-state index in [1.54, 1.807) is 0 Å². The van der Waals surface area contributed by atoms with Crippen molar-refractivity contribution >= 4 is 16.6 Å². The molecule has 1 aromatic heterocycles. The van der Waals surface area contributed by atoms with Crippen LogP contribution in [0.3, 0.4) is 0 Å². The predicted octanol–water partition coefficient (Wildman–Crippen LogP) is 4.72. The van der Waals surface area contributed by atoms with Gasteiger partial charge in [-0.3, -0.25) is 4.99 Å². The summed E-state index contributed by atoms with van der Waals surface area (Å²) in [5.41, 5.74) is 8.48. The van der Waals surface area contributed by atoms with Crippen molar-refractivity contribution in [3.05, 3.63) is 70.9 Å². The Morgan fingerprint density at radius 1 is 1.00 bits per heavy atom. The number of hydrogen-bond acceptors (Lipinski definition) is 1. The maximum Gasteiger partial charge on any atom is 0.0886 e. The third kappa shape index (κ3) is 1.80. The van der Waals surface area contributed by atoms with Crippen molar-refractivity contribution in [2.24, 2.45) is 4.99 Å². The van der Waals surface area contributed by atoms with Crippen molar-refractivity contribution in [2.75, 3.05) is 6.54 Å². The Bertz CT molecular complexity index is 974. The number of aryl methyl sites for hydroxylation is 1. The molecule has 2 nitrogen and oxygen atoms in total. The number of rotatable bonds is 1. The average molecular weight is 314 g/mol. The Hall–Kier alpha value is -2.35. The topological polar surface area (TPSA) is 17.3 Å². The number of nitrogens with zero attached hydrogens (tertiary/aromatic N) is 2. The lowest BCUT2D eigenvalue weighted by molar-refractivity contribution is 0.422. The van der Waals surface area contributed by atoms with E-state index in [1.165, 1.54) is 45.4 Å². The monoisotopic (exact) mass is 314 g/mol. The predicted molar refractivity (Wildman–Crippen MR) is 100 cm³/mol. The maximum absolute atomic E-state index is 4.93. The fourth-order valence-corrected chi connectivity index (χ4v) is 4.48. The molecule has 3 aromatic rings. The van der Waals surface area contributed by atoms with Crippen molar-refractivity contribution in [3.63, 3.8) is 0 Å². The molecule has 5 rings (SSSR count). The van der Waals surface area contributed by atoms with Crippen LogP contribution in [0.5, 0.6) is 0 Å². The number of aromatic nitrogens is 1. The van der Waals surface area contributed by atoms with Crippen LogP contribution in [-0.2, 0) is 18.4 Å². The minimum atomic E-state index is 0.251. The van der Waals surface area contributed by atoms with E-state index in [1.807, 2.05) is 0 Å². The molecule has 24 heavy (non-hydrogen) atoms. The lowest BCUT2D eigenvalue weighted by atomic mass is 9.79. The Balaban J connectivity index is 1.85. The number of aliphatic imine (C=N–C) groups is 1. The highest BCUT2D eigenvalue weighted by molar-refractivity contribution is 6.16. The molecule has 0 atom stereocenters. The Morgan fingerprint density at radius 3 is 2.67 bits per heavy atom. The molecular formula is C22H22N2. The molecule has 0 radical (unpaired) electrons. The van der Waals surface area contributed by atoms with Crippen LogP contribution in [0.15, 0.2) is 53.5 Å². The van der Waals surface area contributed by atoms with E-state index < -0.39 is 0 Å². The Kier molecular flexibility index (Phi) is 2.82. The van der Waals surface area contributed by atoms with Crippen LogP contribution in [0.2, 0.25) is 0 Å². The van der Waals surface area contributed by atoms with Gasteiger partial charge in [0.2, 0.25) is 0 Å². The molecule has 0 spiro atoms. The van der Waals surface area contributed by atoms with Gasteiger partial charge in [-0.2, -0.15) is 0 Å². The second-order valence-corrected chi connectivity index (χ2v) is 7.66. The van der Waals surface area contributed by atoms with Crippen molar-refractivity contribution in [2.45, 2.75) is 38.6 Å². The van der Waals surface area contributed by atoms with Gasteiger partial charge in [0.15, 0.2) is 0 Å². The van der Waals surface area contributed by atoms with Gasteiger partial charge in [0.05, 0.1) is 16.9 Å². The number of fused-ring (bicyclic) bond motifs is 3. The fourth-order valence-electron chi connectivity index (χ4n) is 4.48. The molecule has 0 amide bonds. The van der Waals surface area contributed by atoms with E-state index in [0.717, 1.165) is 19.5 Å². The SMILES string of the molecule is CC1(C)CCn2c3c(c4cccc1c42)CCN=C3c1ccccc1. The van der Waals surface area contributed by atoms with Gasteiger partial charge in [-0.1, -0.05) is 62.4 Å². The van der Waals surface area contributed by atoms with Gasteiger partial charge in [-0.25, -0.2) is 0 Å². The molecule has 3 heterocycles. The van der Waals surface area contributed by atoms with Gasteiger partial charge in [-0.15, -0.1) is 0 Å². The van der Waals surface area contributed by atoms with E-state index in [0.29, 0.717) is 0 Å². The third-order valence-corrected chi connectivity index (χ3v) is 5.78. The van der Waals surface area contributed by atoms with Crippen LogP contribution in [0.4, 0.5) is 0 Å². The van der Waals surface area contributed by atoms with Crippen LogP contribution < -0.4 is 0 Å². The van der Waals surface area contributed by atoms with Gasteiger partial charge < -0.3 is 4.57 Å². The summed E-state index contributed by atoms with van der Waals surface area (Å²) in [4.78, 5) is 4.93. The maximum atomic E-state index is 4.93. The first-order valence-corrected chi connectivity index (χ1v) is 8.92. The smallest absolute Gasteiger partial charge is 0.0886 e. The van der Waals surface area contributed by atoms with Gasteiger partial charge in [0, 0.05) is 24.0 Å². The zero-order valence-corrected chi connectivity index (χ0v) is 14.3. The normalized spacial score (nSPS) is 18.3. The third-order valence-electron chi connectivity index (χ3n) is 5.78. The van der Waals surface area contributed by atoms with Crippen molar-refractivity contribution < 1.29 is 0 Å². The molecule has 2 aromatic carbocycles. The molecule has 0 bridgehead atoms. The first-order valence-electron chi connectivity index (χ1n) is 8.92. The molecular weight excluding hydrogens is 292 g/mol. The zero-order chi connectivity index (χ0) is 16.3. The van der Waals surface area contributed by atoms with Crippen LogP contribution in [0, 0.1) is 0 Å². The van der Waals surface area contributed by atoms with E-state index in [-0.39, 0.29) is 5.41 Å². The summed E-state index contributed by atoms with van der Waals surface area (Å²) in [5.74, 6) is 0. The zero-order valence-electron chi connectivity index (χ0n) is 14.3. The van der Waals surface area contributed by atoms with Crippen molar-refractivity contribution in [3.8, 4) is 0 Å². The average Bonchev–Trinajstić information content (AvgIpc) is 2.94. The second kappa shape index (κ2) is 4.83.